The molecule has 0 aromatic carbocycles. The second kappa shape index (κ2) is 9.99. The van der Waals surface area contributed by atoms with Crippen LogP contribution < -0.4 is 0 Å². The van der Waals surface area contributed by atoms with E-state index in [9.17, 15) is 5.11 Å². The summed E-state index contributed by atoms with van der Waals surface area (Å²) in [6.45, 7) is 19.3. The summed E-state index contributed by atoms with van der Waals surface area (Å²) in [6.07, 6.45) is 18.2. The third kappa shape index (κ3) is 4.40. The van der Waals surface area contributed by atoms with Crippen LogP contribution in [0.4, 0.5) is 0 Å². The lowest BCUT2D eigenvalue weighted by Crippen LogP contribution is -2.56. The van der Waals surface area contributed by atoms with Crippen molar-refractivity contribution in [3.63, 3.8) is 0 Å². The van der Waals surface area contributed by atoms with Gasteiger partial charge in [-0.15, -0.1) is 6.58 Å². The summed E-state index contributed by atoms with van der Waals surface area (Å²) in [4.78, 5) is 0. The van der Waals surface area contributed by atoms with Crippen molar-refractivity contribution in [3.05, 3.63) is 12.7 Å². The van der Waals surface area contributed by atoms with Crippen molar-refractivity contribution in [1.29, 1.82) is 0 Å². The minimum absolute atomic E-state index is 0.0963. The van der Waals surface area contributed by atoms with E-state index in [-0.39, 0.29) is 6.10 Å². The number of rotatable bonds is 8. The molecule has 4 saturated carbocycles. The van der Waals surface area contributed by atoms with Gasteiger partial charge in [-0.05, 0) is 128 Å². The van der Waals surface area contributed by atoms with E-state index in [4.69, 9.17) is 0 Å². The number of hydrogen-bond donors (Lipinski definition) is 1. The molecule has 4 rings (SSSR count). The van der Waals surface area contributed by atoms with Crippen LogP contribution in [0.3, 0.4) is 0 Å². The average molecular weight is 457 g/mol. The van der Waals surface area contributed by atoms with Crippen LogP contribution in [0, 0.1) is 64.1 Å². The van der Waals surface area contributed by atoms with Crippen LogP contribution in [0.5, 0.6) is 0 Å². The fraction of sp³-hybridized carbons (Fsp3) is 0.938. The maximum Gasteiger partial charge on any atom is 0.0574 e. The molecule has 0 aromatic heterocycles. The molecule has 0 radical (unpaired) electrons. The van der Waals surface area contributed by atoms with E-state index in [0.717, 1.165) is 54.3 Å². The Morgan fingerprint density at radius 1 is 0.879 bits per heavy atom. The normalized spacial score (nSPS) is 46.8. The van der Waals surface area contributed by atoms with E-state index in [0.29, 0.717) is 22.7 Å². The Hall–Kier alpha value is -0.300. The van der Waals surface area contributed by atoms with E-state index < -0.39 is 0 Å². The van der Waals surface area contributed by atoms with Gasteiger partial charge in [0.15, 0.2) is 0 Å². The van der Waals surface area contributed by atoms with Crippen LogP contribution >= 0.6 is 0 Å². The quantitative estimate of drug-likeness (QED) is 0.361. The molecule has 0 bridgehead atoms. The van der Waals surface area contributed by atoms with E-state index in [2.05, 4.69) is 54.2 Å². The Morgan fingerprint density at radius 2 is 1.55 bits per heavy atom. The smallest absolute Gasteiger partial charge is 0.0574 e. The molecule has 190 valence electrons. The fourth-order valence-electron chi connectivity index (χ4n) is 10.7. The fourth-order valence-corrected chi connectivity index (χ4v) is 10.7. The Balaban J connectivity index is 1.47. The summed E-state index contributed by atoms with van der Waals surface area (Å²) in [6, 6.07) is 0. The molecular weight excluding hydrogens is 400 g/mol. The Morgan fingerprint density at radius 3 is 2.21 bits per heavy atom. The number of fused-ring (bicyclic) bond motifs is 5. The topological polar surface area (TPSA) is 20.2 Å². The van der Waals surface area contributed by atoms with E-state index in [1.165, 1.54) is 64.2 Å². The van der Waals surface area contributed by atoms with Crippen molar-refractivity contribution in [2.45, 2.75) is 125 Å². The lowest BCUT2D eigenvalue weighted by molar-refractivity contribution is -0.152. The van der Waals surface area contributed by atoms with Crippen LogP contribution in [0.25, 0.3) is 0 Å². The second-order valence-electron chi connectivity index (χ2n) is 14.1. The maximum absolute atomic E-state index is 10.8. The van der Waals surface area contributed by atoms with Crippen molar-refractivity contribution in [2.24, 2.45) is 64.1 Å². The van der Waals surface area contributed by atoms with Gasteiger partial charge in [0.25, 0.3) is 0 Å². The summed E-state index contributed by atoms with van der Waals surface area (Å²) < 4.78 is 0. The standard InChI is InChI=1S/C32H56O/c1-8-10-25-28-14-13-24-27-16-15-26(22(5)11-12-23(9-2)21(3)4)31(27,6)19-17-29(24)32(28,7)20-18-30(25)33/h8,21-30,33H,1,9-20H2,2-7H3/t22-,23-,24+,25+,26-,27+,28+,29+,30-,31-,32+/m1/s1. The van der Waals surface area contributed by atoms with Crippen molar-refractivity contribution in [3.8, 4) is 0 Å². The molecule has 1 heteroatoms. The lowest BCUT2D eigenvalue weighted by atomic mass is 9.43. The number of allylic oxidation sites excluding steroid dienone is 1. The van der Waals surface area contributed by atoms with Crippen molar-refractivity contribution in [1.82, 2.24) is 0 Å². The second-order valence-corrected chi connectivity index (χ2v) is 14.1. The Bertz CT molecular complexity index is 667. The van der Waals surface area contributed by atoms with Crippen LogP contribution in [0.1, 0.15) is 119 Å². The minimum Gasteiger partial charge on any atom is -0.393 e. The Labute approximate surface area is 206 Å². The highest BCUT2D eigenvalue weighted by Gasteiger charge is 2.61. The molecular formula is C32H56O. The first-order valence-electron chi connectivity index (χ1n) is 15.0. The molecule has 0 saturated heterocycles. The summed E-state index contributed by atoms with van der Waals surface area (Å²) in [5.74, 6) is 7.54. The lowest BCUT2D eigenvalue weighted by Gasteiger charge is -2.62. The van der Waals surface area contributed by atoms with Gasteiger partial charge in [0, 0.05) is 0 Å². The minimum atomic E-state index is -0.0963. The van der Waals surface area contributed by atoms with E-state index in [1.54, 1.807) is 0 Å². The van der Waals surface area contributed by atoms with E-state index in [1.807, 2.05) is 0 Å². The SMILES string of the molecule is C=CC[C@@H]1[C@H](O)CC[C@@]2(C)[C@H]1CC[C@@H]1[C@@H]2CC[C@]2(C)[C@@H]([C@H](C)CC[C@@H](CC)C(C)C)CC[C@@H]12. The molecule has 0 heterocycles. The summed E-state index contributed by atoms with van der Waals surface area (Å²) in [5, 5.41) is 10.8. The maximum atomic E-state index is 10.8. The summed E-state index contributed by atoms with van der Waals surface area (Å²) in [5.41, 5.74) is 1.03. The van der Waals surface area contributed by atoms with Gasteiger partial charge in [0.1, 0.15) is 0 Å². The molecule has 4 fully saturated rings. The zero-order valence-corrected chi connectivity index (χ0v) is 23.0. The molecule has 11 atom stereocenters. The first-order chi connectivity index (χ1) is 15.7. The third-order valence-electron chi connectivity index (χ3n) is 12.6. The average Bonchev–Trinajstić information content (AvgIpc) is 3.13. The summed E-state index contributed by atoms with van der Waals surface area (Å²) >= 11 is 0. The highest BCUT2D eigenvalue weighted by molar-refractivity contribution is 5.11. The van der Waals surface area contributed by atoms with Crippen LogP contribution in [0.2, 0.25) is 0 Å². The first kappa shape index (κ1) is 25.8. The molecule has 0 aromatic rings. The van der Waals surface area contributed by atoms with Crippen LogP contribution in [0.15, 0.2) is 12.7 Å². The molecule has 4 aliphatic rings. The highest BCUT2D eigenvalue weighted by atomic mass is 16.3. The molecule has 0 amide bonds. The molecule has 1 N–H and O–H groups in total. The zero-order chi connectivity index (χ0) is 24.0. The van der Waals surface area contributed by atoms with Crippen molar-refractivity contribution < 1.29 is 5.11 Å². The third-order valence-corrected chi connectivity index (χ3v) is 12.6. The molecule has 1 nitrogen and oxygen atoms in total. The number of aliphatic hydroxyl groups excluding tert-OH is 1. The predicted octanol–water partition coefficient (Wildman–Crippen LogP) is 8.91. The number of hydrogen-bond acceptors (Lipinski definition) is 1. The van der Waals surface area contributed by atoms with E-state index >= 15 is 0 Å². The molecule has 4 aliphatic carbocycles. The largest absolute Gasteiger partial charge is 0.393 e. The Kier molecular flexibility index (Phi) is 7.80. The van der Waals surface area contributed by atoms with Crippen molar-refractivity contribution in [2.75, 3.05) is 0 Å². The number of aliphatic hydroxyl groups is 1. The van der Waals surface area contributed by atoms with Crippen LogP contribution in [-0.2, 0) is 0 Å². The van der Waals surface area contributed by atoms with Gasteiger partial charge in [-0.3, -0.25) is 0 Å². The molecule has 0 unspecified atom stereocenters. The van der Waals surface area contributed by atoms with Gasteiger partial charge in [0.05, 0.1) is 6.10 Å². The van der Waals surface area contributed by atoms with Crippen LogP contribution in [-0.4, -0.2) is 11.2 Å². The highest BCUT2D eigenvalue weighted by Crippen LogP contribution is 2.69. The predicted molar refractivity (Wildman–Crippen MR) is 142 cm³/mol. The van der Waals surface area contributed by atoms with Gasteiger partial charge >= 0.3 is 0 Å². The first-order valence-corrected chi connectivity index (χ1v) is 15.0. The van der Waals surface area contributed by atoms with Gasteiger partial charge in [0.2, 0.25) is 0 Å². The monoisotopic (exact) mass is 456 g/mol. The van der Waals surface area contributed by atoms with Gasteiger partial charge in [-0.1, -0.05) is 60.5 Å². The molecule has 0 spiro atoms. The molecule has 0 aliphatic heterocycles. The van der Waals surface area contributed by atoms with Gasteiger partial charge in [-0.25, -0.2) is 0 Å². The van der Waals surface area contributed by atoms with Gasteiger partial charge < -0.3 is 5.11 Å². The van der Waals surface area contributed by atoms with Gasteiger partial charge in [-0.2, -0.15) is 0 Å². The zero-order valence-electron chi connectivity index (χ0n) is 23.0. The molecule has 33 heavy (non-hydrogen) atoms. The van der Waals surface area contributed by atoms with Crippen molar-refractivity contribution >= 4 is 0 Å². The summed E-state index contributed by atoms with van der Waals surface area (Å²) in [7, 11) is 0.